The lowest BCUT2D eigenvalue weighted by atomic mass is 10.2. The molecule has 1 heterocycles. The number of anilines is 1. The minimum absolute atomic E-state index is 0.739. The molecule has 3 aromatic rings. The average molecular weight is 342 g/mol. The molecule has 0 aliphatic carbocycles. The van der Waals surface area contributed by atoms with Gasteiger partial charge in [0.05, 0.1) is 11.0 Å². The van der Waals surface area contributed by atoms with Gasteiger partial charge in [0.25, 0.3) is 0 Å². The normalized spacial score (nSPS) is 10.7. The Kier molecular flexibility index (Phi) is 4.06. The van der Waals surface area contributed by atoms with E-state index in [2.05, 4.69) is 55.6 Å². The SMILES string of the molecule is C=CCn1c(NCc2ccc(Br)cc2)nc2ccccc21. The first-order chi connectivity index (χ1) is 10.3. The fourth-order valence-electron chi connectivity index (χ4n) is 2.31. The fraction of sp³-hybridized carbons (Fsp3) is 0.118. The zero-order valence-corrected chi connectivity index (χ0v) is 13.2. The van der Waals surface area contributed by atoms with Crippen LogP contribution in [0.5, 0.6) is 0 Å². The van der Waals surface area contributed by atoms with Crippen molar-refractivity contribution >= 4 is 32.9 Å². The van der Waals surface area contributed by atoms with Crippen molar-refractivity contribution in [2.24, 2.45) is 0 Å². The molecule has 1 aromatic heterocycles. The molecule has 106 valence electrons. The maximum absolute atomic E-state index is 4.66. The van der Waals surface area contributed by atoms with Crippen LogP contribution in [0, 0.1) is 0 Å². The Hall–Kier alpha value is -2.07. The molecule has 0 saturated carbocycles. The standard InChI is InChI=1S/C17H16BrN3/c1-2-11-21-16-6-4-3-5-15(16)20-17(21)19-12-13-7-9-14(18)10-8-13/h2-10H,1,11-12H2,(H,19,20). The van der Waals surface area contributed by atoms with Crippen LogP contribution in [-0.4, -0.2) is 9.55 Å². The van der Waals surface area contributed by atoms with Crippen molar-refractivity contribution in [3.63, 3.8) is 0 Å². The van der Waals surface area contributed by atoms with E-state index in [4.69, 9.17) is 0 Å². The quantitative estimate of drug-likeness (QED) is 0.687. The van der Waals surface area contributed by atoms with Crippen molar-refractivity contribution in [3.05, 3.63) is 71.2 Å². The van der Waals surface area contributed by atoms with E-state index in [9.17, 15) is 0 Å². The van der Waals surface area contributed by atoms with Crippen molar-refractivity contribution in [2.75, 3.05) is 5.32 Å². The van der Waals surface area contributed by atoms with Gasteiger partial charge in [-0.05, 0) is 29.8 Å². The van der Waals surface area contributed by atoms with Crippen molar-refractivity contribution < 1.29 is 0 Å². The van der Waals surface area contributed by atoms with Crippen molar-refractivity contribution in [1.82, 2.24) is 9.55 Å². The third-order valence-corrected chi connectivity index (χ3v) is 3.86. The number of imidazole rings is 1. The van der Waals surface area contributed by atoms with Crippen LogP contribution in [0.1, 0.15) is 5.56 Å². The molecule has 21 heavy (non-hydrogen) atoms. The molecule has 0 bridgehead atoms. The molecular formula is C17H16BrN3. The highest BCUT2D eigenvalue weighted by molar-refractivity contribution is 9.10. The summed E-state index contributed by atoms with van der Waals surface area (Å²) in [4.78, 5) is 4.66. The van der Waals surface area contributed by atoms with Gasteiger partial charge in [0, 0.05) is 17.6 Å². The Balaban J connectivity index is 1.87. The smallest absolute Gasteiger partial charge is 0.204 e. The number of fused-ring (bicyclic) bond motifs is 1. The molecule has 0 radical (unpaired) electrons. The number of aromatic nitrogens is 2. The van der Waals surface area contributed by atoms with Crippen LogP contribution in [-0.2, 0) is 13.1 Å². The van der Waals surface area contributed by atoms with E-state index >= 15 is 0 Å². The van der Waals surface area contributed by atoms with Gasteiger partial charge in [-0.15, -0.1) is 6.58 Å². The number of nitrogens with one attached hydrogen (secondary N) is 1. The lowest BCUT2D eigenvalue weighted by Crippen LogP contribution is -2.07. The molecule has 1 N–H and O–H groups in total. The Bertz CT molecular complexity index is 759. The first-order valence-electron chi connectivity index (χ1n) is 6.82. The Morgan fingerprint density at radius 3 is 2.67 bits per heavy atom. The van der Waals surface area contributed by atoms with E-state index in [-0.39, 0.29) is 0 Å². The summed E-state index contributed by atoms with van der Waals surface area (Å²) in [7, 11) is 0. The second kappa shape index (κ2) is 6.14. The largest absolute Gasteiger partial charge is 0.352 e. The Labute approximate surface area is 132 Å². The first-order valence-corrected chi connectivity index (χ1v) is 7.61. The number of benzene rings is 2. The molecule has 3 rings (SSSR count). The van der Waals surface area contributed by atoms with Gasteiger partial charge in [-0.2, -0.15) is 0 Å². The van der Waals surface area contributed by atoms with E-state index < -0.39 is 0 Å². The fourth-order valence-corrected chi connectivity index (χ4v) is 2.57. The van der Waals surface area contributed by atoms with Gasteiger partial charge in [-0.1, -0.05) is 46.3 Å². The zero-order chi connectivity index (χ0) is 14.7. The van der Waals surface area contributed by atoms with E-state index in [1.165, 1.54) is 5.56 Å². The number of hydrogen-bond acceptors (Lipinski definition) is 2. The maximum Gasteiger partial charge on any atom is 0.204 e. The number of rotatable bonds is 5. The molecule has 0 spiro atoms. The van der Waals surface area contributed by atoms with Gasteiger partial charge in [0.1, 0.15) is 0 Å². The van der Waals surface area contributed by atoms with E-state index in [0.717, 1.165) is 34.5 Å². The van der Waals surface area contributed by atoms with E-state index in [1.54, 1.807) is 0 Å². The lowest BCUT2D eigenvalue weighted by molar-refractivity contribution is 0.846. The number of hydrogen-bond donors (Lipinski definition) is 1. The molecule has 4 heteroatoms. The molecule has 0 atom stereocenters. The molecule has 0 aliphatic heterocycles. The third-order valence-electron chi connectivity index (χ3n) is 3.33. The summed E-state index contributed by atoms with van der Waals surface area (Å²) >= 11 is 3.45. The zero-order valence-electron chi connectivity index (χ0n) is 11.6. The monoisotopic (exact) mass is 341 g/mol. The molecule has 0 saturated heterocycles. The van der Waals surface area contributed by atoms with Crippen molar-refractivity contribution in [1.29, 1.82) is 0 Å². The second-order valence-electron chi connectivity index (χ2n) is 4.80. The van der Waals surface area contributed by atoms with Crippen LogP contribution >= 0.6 is 15.9 Å². The maximum atomic E-state index is 4.66. The van der Waals surface area contributed by atoms with Gasteiger partial charge in [0.2, 0.25) is 5.95 Å². The molecular weight excluding hydrogens is 326 g/mol. The van der Waals surface area contributed by atoms with Crippen LogP contribution < -0.4 is 5.32 Å². The average Bonchev–Trinajstić information content (AvgIpc) is 2.85. The molecule has 0 unspecified atom stereocenters. The van der Waals surface area contributed by atoms with Gasteiger partial charge in [-0.25, -0.2) is 4.98 Å². The van der Waals surface area contributed by atoms with Gasteiger partial charge in [0.15, 0.2) is 0 Å². The van der Waals surface area contributed by atoms with Gasteiger partial charge < -0.3 is 9.88 Å². The number of para-hydroxylation sites is 2. The topological polar surface area (TPSA) is 29.9 Å². The summed E-state index contributed by atoms with van der Waals surface area (Å²) in [6, 6.07) is 16.4. The summed E-state index contributed by atoms with van der Waals surface area (Å²) in [6.45, 7) is 5.31. The Morgan fingerprint density at radius 2 is 1.90 bits per heavy atom. The molecule has 0 amide bonds. The van der Waals surface area contributed by atoms with Crippen LogP contribution in [0.4, 0.5) is 5.95 Å². The predicted molar refractivity (Wildman–Crippen MR) is 91.4 cm³/mol. The third kappa shape index (κ3) is 3.00. The molecule has 2 aromatic carbocycles. The van der Waals surface area contributed by atoms with E-state index in [0.29, 0.717) is 0 Å². The predicted octanol–water partition coefficient (Wildman–Crippen LogP) is 4.60. The molecule has 0 aliphatic rings. The van der Waals surface area contributed by atoms with Gasteiger partial charge >= 0.3 is 0 Å². The summed E-state index contributed by atoms with van der Waals surface area (Å²) in [5.41, 5.74) is 3.34. The van der Waals surface area contributed by atoms with Crippen LogP contribution in [0.25, 0.3) is 11.0 Å². The highest BCUT2D eigenvalue weighted by atomic mass is 79.9. The summed E-state index contributed by atoms with van der Waals surface area (Å²) < 4.78 is 3.23. The van der Waals surface area contributed by atoms with Crippen LogP contribution in [0.15, 0.2) is 65.7 Å². The first kappa shape index (κ1) is 13.9. The summed E-state index contributed by atoms with van der Waals surface area (Å²) in [6.07, 6.45) is 1.89. The summed E-state index contributed by atoms with van der Waals surface area (Å²) in [5, 5.41) is 3.41. The Morgan fingerprint density at radius 1 is 1.14 bits per heavy atom. The minimum Gasteiger partial charge on any atom is -0.352 e. The van der Waals surface area contributed by atoms with Crippen molar-refractivity contribution in [3.8, 4) is 0 Å². The number of nitrogens with zero attached hydrogens (tertiary/aromatic N) is 2. The van der Waals surface area contributed by atoms with Crippen LogP contribution in [0.3, 0.4) is 0 Å². The molecule has 3 nitrogen and oxygen atoms in total. The van der Waals surface area contributed by atoms with E-state index in [1.807, 2.05) is 36.4 Å². The van der Waals surface area contributed by atoms with Crippen molar-refractivity contribution in [2.45, 2.75) is 13.1 Å². The number of allylic oxidation sites excluding steroid dienone is 1. The number of halogens is 1. The van der Waals surface area contributed by atoms with Crippen LogP contribution in [0.2, 0.25) is 0 Å². The lowest BCUT2D eigenvalue weighted by Gasteiger charge is -2.09. The minimum atomic E-state index is 0.739. The highest BCUT2D eigenvalue weighted by Gasteiger charge is 2.08. The second-order valence-corrected chi connectivity index (χ2v) is 5.72. The molecule has 0 fully saturated rings. The van der Waals surface area contributed by atoms with Gasteiger partial charge in [-0.3, -0.25) is 0 Å². The summed E-state index contributed by atoms with van der Waals surface area (Å²) in [5.74, 6) is 0.874. The highest BCUT2D eigenvalue weighted by Crippen LogP contribution is 2.20.